The van der Waals surface area contributed by atoms with Gasteiger partial charge in [0.05, 0.1) is 11.8 Å². The van der Waals surface area contributed by atoms with Crippen molar-refractivity contribution in [1.29, 1.82) is 0 Å². The van der Waals surface area contributed by atoms with E-state index < -0.39 is 11.7 Å². The van der Waals surface area contributed by atoms with Gasteiger partial charge in [0.1, 0.15) is 23.8 Å². The second-order valence-electron chi connectivity index (χ2n) is 8.71. The van der Waals surface area contributed by atoms with E-state index in [0.29, 0.717) is 24.5 Å². The van der Waals surface area contributed by atoms with Crippen LogP contribution in [0.15, 0.2) is 61.1 Å². The minimum Gasteiger partial charge on any atom is -0.491 e. The normalized spacial score (nSPS) is 14.5. The average Bonchev–Trinajstić information content (AvgIpc) is 3.50. The van der Waals surface area contributed by atoms with Gasteiger partial charge < -0.3 is 15.0 Å². The summed E-state index contributed by atoms with van der Waals surface area (Å²) < 4.78 is 44.1. The van der Waals surface area contributed by atoms with Crippen molar-refractivity contribution in [3.05, 3.63) is 77.7 Å². The summed E-state index contributed by atoms with van der Waals surface area (Å²) in [6.07, 6.45) is 4.29. The van der Waals surface area contributed by atoms with E-state index in [1.807, 2.05) is 24.4 Å². The Morgan fingerprint density at radius 2 is 1.80 bits per heavy atom. The molecule has 3 aromatic heterocycles. The zero-order chi connectivity index (χ0) is 24.3. The number of nitrogens with zero attached hydrogens (tertiary/aromatic N) is 3. The topological polar surface area (TPSA) is 66.1 Å². The molecule has 0 spiro atoms. The predicted molar refractivity (Wildman–Crippen MR) is 129 cm³/mol. The third-order valence-electron chi connectivity index (χ3n) is 6.17. The lowest BCUT2D eigenvalue weighted by Crippen LogP contribution is -2.25. The molecule has 182 valence electrons. The van der Waals surface area contributed by atoms with Crippen molar-refractivity contribution in [2.24, 2.45) is 0 Å². The van der Waals surface area contributed by atoms with Gasteiger partial charge in [-0.25, -0.2) is 9.97 Å². The summed E-state index contributed by atoms with van der Waals surface area (Å²) in [7, 11) is 0. The molecular formula is C26H26F3N5O. The summed E-state index contributed by atoms with van der Waals surface area (Å²) in [5.41, 5.74) is 2.75. The highest BCUT2D eigenvalue weighted by atomic mass is 19.4. The minimum absolute atomic E-state index is 0.540. The third kappa shape index (κ3) is 5.74. The zero-order valence-corrected chi connectivity index (χ0v) is 19.1. The van der Waals surface area contributed by atoms with Crippen LogP contribution in [0.1, 0.15) is 29.5 Å². The number of anilines is 2. The number of ether oxygens (including phenoxy) is 1. The number of aromatic amines is 1. The molecule has 0 saturated carbocycles. The monoisotopic (exact) mass is 481 g/mol. The number of hydrogen-bond acceptors (Lipinski definition) is 5. The summed E-state index contributed by atoms with van der Waals surface area (Å²) in [5.74, 6) is 1.31. The predicted octanol–water partition coefficient (Wildman–Crippen LogP) is 5.79. The molecule has 1 aromatic carbocycles. The van der Waals surface area contributed by atoms with Gasteiger partial charge in [0.25, 0.3) is 0 Å². The number of aromatic nitrogens is 3. The molecule has 0 bridgehead atoms. The van der Waals surface area contributed by atoms with Crippen LogP contribution in [0.4, 0.5) is 24.7 Å². The number of likely N-dealkylation sites (tertiary alicyclic amines) is 1. The Balaban J connectivity index is 1.21. The van der Waals surface area contributed by atoms with Crippen LogP contribution < -0.4 is 10.1 Å². The van der Waals surface area contributed by atoms with Crippen molar-refractivity contribution in [3.8, 4) is 5.75 Å². The first-order chi connectivity index (χ1) is 16.9. The quantitative estimate of drug-likeness (QED) is 0.334. The fourth-order valence-corrected chi connectivity index (χ4v) is 4.28. The molecule has 35 heavy (non-hydrogen) atoms. The van der Waals surface area contributed by atoms with Crippen molar-refractivity contribution < 1.29 is 17.9 Å². The standard InChI is InChI=1S/C26H26F3N5O/c27-26(28,29)20-4-6-21(7-5-20)33-24-8-3-18(15-30-24)13-19-16-31-25-23(19)14-22(17-32-25)35-12-11-34-9-1-2-10-34/h3-8,14-17H,1-2,9-13H2,(H,30,33)(H,31,32). The first-order valence-electron chi connectivity index (χ1n) is 11.6. The molecule has 2 N–H and O–H groups in total. The molecule has 0 radical (unpaired) electrons. The Bertz CT molecular complexity index is 1260. The van der Waals surface area contributed by atoms with Gasteiger partial charge in [-0.3, -0.25) is 4.90 Å². The molecule has 9 heteroatoms. The van der Waals surface area contributed by atoms with Gasteiger partial charge in [0.2, 0.25) is 0 Å². The van der Waals surface area contributed by atoms with Crippen LogP contribution in [0.25, 0.3) is 11.0 Å². The second-order valence-corrected chi connectivity index (χ2v) is 8.71. The molecule has 0 amide bonds. The van der Waals surface area contributed by atoms with Crippen molar-refractivity contribution in [1.82, 2.24) is 19.9 Å². The summed E-state index contributed by atoms with van der Waals surface area (Å²) in [5, 5.41) is 4.04. The van der Waals surface area contributed by atoms with Crippen molar-refractivity contribution in [3.63, 3.8) is 0 Å². The number of alkyl halides is 3. The van der Waals surface area contributed by atoms with Crippen molar-refractivity contribution in [2.75, 3.05) is 31.6 Å². The van der Waals surface area contributed by atoms with Gasteiger partial charge in [0.15, 0.2) is 0 Å². The third-order valence-corrected chi connectivity index (χ3v) is 6.17. The molecule has 1 saturated heterocycles. The van der Waals surface area contributed by atoms with Gasteiger partial charge in [-0.05, 0) is 73.5 Å². The number of pyridine rings is 2. The highest BCUT2D eigenvalue weighted by molar-refractivity contribution is 5.81. The lowest BCUT2D eigenvalue weighted by Gasteiger charge is -2.14. The summed E-state index contributed by atoms with van der Waals surface area (Å²) in [4.78, 5) is 14.5. The van der Waals surface area contributed by atoms with Gasteiger partial charge in [-0.1, -0.05) is 6.07 Å². The lowest BCUT2D eigenvalue weighted by molar-refractivity contribution is -0.137. The number of benzene rings is 1. The van der Waals surface area contributed by atoms with E-state index in [1.54, 1.807) is 12.4 Å². The van der Waals surface area contributed by atoms with E-state index in [9.17, 15) is 13.2 Å². The van der Waals surface area contributed by atoms with Gasteiger partial charge in [-0.15, -0.1) is 0 Å². The van der Waals surface area contributed by atoms with Crippen LogP contribution in [0.2, 0.25) is 0 Å². The maximum absolute atomic E-state index is 12.7. The minimum atomic E-state index is -4.35. The number of nitrogens with one attached hydrogen (secondary N) is 2. The van der Waals surface area contributed by atoms with Gasteiger partial charge in [-0.2, -0.15) is 13.2 Å². The van der Waals surface area contributed by atoms with E-state index in [0.717, 1.165) is 59.7 Å². The Morgan fingerprint density at radius 3 is 2.51 bits per heavy atom. The van der Waals surface area contributed by atoms with Crippen LogP contribution in [-0.4, -0.2) is 46.1 Å². The maximum atomic E-state index is 12.7. The first kappa shape index (κ1) is 23.2. The molecule has 0 atom stereocenters. The summed E-state index contributed by atoms with van der Waals surface area (Å²) in [6, 6.07) is 10.7. The maximum Gasteiger partial charge on any atom is 0.416 e. The number of fused-ring (bicyclic) bond motifs is 1. The molecule has 0 unspecified atom stereocenters. The van der Waals surface area contributed by atoms with Crippen LogP contribution >= 0.6 is 0 Å². The molecule has 1 aliphatic heterocycles. The molecule has 0 aliphatic carbocycles. The molecule has 4 aromatic rings. The van der Waals surface area contributed by atoms with E-state index in [2.05, 4.69) is 25.2 Å². The number of halogens is 3. The SMILES string of the molecule is FC(F)(F)c1ccc(Nc2ccc(Cc3c[nH]c4ncc(OCCN5CCCC5)cc34)cn2)cc1. The molecule has 5 rings (SSSR count). The molecular weight excluding hydrogens is 455 g/mol. The smallest absolute Gasteiger partial charge is 0.416 e. The van der Waals surface area contributed by atoms with Crippen LogP contribution in [-0.2, 0) is 12.6 Å². The van der Waals surface area contributed by atoms with Gasteiger partial charge >= 0.3 is 6.18 Å². The molecule has 6 nitrogen and oxygen atoms in total. The van der Waals surface area contributed by atoms with Crippen molar-refractivity contribution >= 4 is 22.5 Å². The fraction of sp³-hybridized carbons (Fsp3) is 0.308. The largest absolute Gasteiger partial charge is 0.491 e. The average molecular weight is 482 g/mol. The highest BCUT2D eigenvalue weighted by Crippen LogP contribution is 2.30. The fourth-order valence-electron chi connectivity index (χ4n) is 4.28. The van der Waals surface area contributed by atoms with Gasteiger partial charge in [0, 0.05) is 36.4 Å². The molecule has 4 heterocycles. The Hall–Kier alpha value is -3.59. The lowest BCUT2D eigenvalue weighted by atomic mass is 10.1. The van der Waals surface area contributed by atoms with Crippen LogP contribution in [0.5, 0.6) is 5.75 Å². The number of rotatable bonds is 8. The molecule has 1 fully saturated rings. The van der Waals surface area contributed by atoms with Crippen molar-refractivity contribution in [2.45, 2.75) is 25.4 Å². The van der Waals surface area contributed by atoms with Crippen LogP contribution in [0, 0.1) is 0 Å². The Morgan fingerprint density at radius 1 is 1.00 bits per heavy atom. The van der Waals surface area contributed by atoms with E-state index >= 15 is 0 Å². The number of H-pyrrole nitrogens is 1. The molecule has 1 aliphatic rings. The Labute approximate surface area is 201 Å². The van der Waals surface area contributed by atoms with E-state index in [-0.39, 0.29) is 0 Å². The first-order valence-corrected chi connectivity index (χ1v) is 11.6. The zero-order valence-electron chi connectivity index (χ0n) is 19.1. The van der Waals surface area contributed by atoms with Crippen LogP contribution in [0.3, 0.4) is 0 Å². The van der Waals surface area contributed by atoms with E-state index in [1.165, 1.54) is 25.0 Å². The van der Waals surface area contributed by atoms with E-state index in [4.69, 9.17) is 4.74 Å². The second kappa shape index (κ2) is 9.95. The Kier molecular flexibility index (Phi) is 6.59. The number of hydrogen-bond donors (Lipinski definition) is 2. The summed E-state index contributed by atoms with van der Waals surface area (Å²) >= 11 is 0. The highest BCUT2D eigenvalue weighted by Gasteiger charge is 2.29. The summed E-state index contributed by atoms with van der Waals surface area (Å²) in [6.45, 7) is 3.87.